The van der Waals surface area contributed by atoms with E-state index >= 15 is 0 Å². The number of ether oxygens (including phenoxy) is 2. The molecule has 0 fully saturated rings. The number of halogens is 1. The third-order valence-corrected chi connectivity index (χ3v) is 2.82. The SMILES string of the molecule is CCOC(=O)NC1CCCOc2c(F)cccc21. The lowest BCUT2D eigenvalue weighted by Gasteiger charge is -2.18. The summed E-state index contributed by atoms with van der Waals surface area (Å²) in [5.41, 5.74) is 0.667. The average Bonchev–Trinajstić information content (AvgIpc) is 2.54. The lowest BCUT2D eigenvalue weighted by molar-refractivity contribution is 0.147. The molecule has 18 heavy (non-hydrogen) atoms. The Balaban J connectivity index is 2.22. The monoisotopic (exact) mass is 253 g/mol. The van der Waals surface area contributed by atoms with Gasteiger partial charge in [0.1, 0.15) is 0 Å². The molecule has 1 heterocycles. The highest BCUT2D eigenvalue weighted by Crippen LogP contribution is 2.33. The molecular weight excluding hydrogens is 237 g/mol. The normalized spacial score (nSPS) is 18.2. The zero-order chi connectivity index (χ0) is 13.0. The van der Waals surface area contributed by atoms with Gasteiger partial charge in [-0.2, -0.15) is 0 Å². The van der Waals surface area contributed by atoms with Crippen molar-refractivity contribution in [1.29, 1.82) is 0 Å². The van der Waals surface area contributed by atoms with Crippen molar-refractivity contribution in [2.45, 2.75) is 25.8 Å². The number of alkyl carbamates (subject to hydrolysis) is 1. The molecule has 1 atom stereocenters. The first kappa shape index (κ1) is 12.7. The van der Waals surface area contributed by atoms with Crippen LogP contribution in [0.25, 0.3) is 0 Å². The van der Waals surface area contributed by atoms with Gasteiger partial charge in [0.25, 0.3) is 0 Å². The lowest BCUT2D eigenvalue weighted by atomic mass is 10.0. The highest BCUT2D eigenvalue weighted by atomic mass is 19.1. The first-order valence-electron chi connectivity index (χ1n) is 6.07. The summed E-state index contributed by atoms with van der Waals surface area (Å²) in [4.78, 5) is 11.5. The number of benzene rings is 1. The summed E-state index contributed by atoms with van der Waals surface area (Å²) >= 11 is 0. The predicted octanol–water partition coefficient (Wildman–Crippen LogP) is 2.79. The number of hydrogen-bond donors (Lipinski definition) is 1. The number of carbonyl (C=O) groups excluding carboxylic acids is 1. The Morgan fingerprint density at radius 1 is 1.61 bits per heavy atom. The van der Waals surface area contributed by atoms with Crippen LogP contribution in [-0.2, 0) is 4.74 Å². The largest absolute Gasteiger partial charge is 0.490 e. The number of para-hydroxylation sites is 1. The molecule has 1 aromatic rings. The molecule has 5 heteroatoms. The second-order valence-electron chi connectivity index (χ2n) is 4.07. The van der Waals surface area contributed by atoms with Crippen molar-refractivity contribution in [2.75, 3.05) is 13.2 Å². The summed E-state index contributed by atoms with van der Waals surface area (Å²) in [6, 6.07) is 4.46. The van der Waals surface area contributed by atoms with Gasteiger partial charge < -0.3 is 14.8 Å². The fourth-order valence-electron chi connectivity index (χ4n) is 2.03. The van der Waals surface area contributed by atoms with Crippen molar-refractivity contribution in [3.63, 3.8) is 0 Å². The van der Waals surface area contributed by atoms with Gasteiger partial charge in [0.2, 0.25) is 0 Å². The Morgan fingerprint density at radius 3 is 3.22 bits per heavy atom. The van der Waals surface area contributed by atoms with E-state index in [0.29, 0.717) is 25.2 Å². The molecule has 2 rings (SSSR count). The number of hydrogen-bond acceptors (Lipinski definition) is 3. The standard InChI is InChI=1S/C13H16FNO3/c1-2-17-13(16)15-11-7-4-8-18-12-9(11)5-3-6-10(12)14/h3,5-6,11H,2,4,7-8H2,1H3,(H,15,16). The van der Waals surface area contributed by atoms with Gasteiger partial charge >= 0.3 is 6.09 Å². The molecule has 1 aliphatic rings. The van der Waals surface area contributed by atoms with Crippen LogP contribution < -0.4 is 10.1 Å². The zero-order valence-electron chi connectivity index (χ0n) is 10.2. The van der Waals surface area contributed by atoms with E-state index < -0.39 is 11.9 Å². The molecule has 1 aliphatic heterocycles. The highest BCUT2D eigenvalue weighted by Gasteiger charge is 2.23. The van der Waals surface area contributed by atoms with Gasteiger partial charge in [0.15, 0.2) is 11.6 Å². The van der Waals surface area contributed by atoms with Crippen LogP contribution in [0.4, 0.5) is 9.18 Å². The van der Waals surface area contributed by atoms with Crippen molar-refractivity contribution >= 4 is 6.09 Å². The fourth-order valence-corrected chi connectivity index (χ4v) is 2.03. The van der Waals surface area contributed by atoms with E-state index in [1.54, 1.807) is 19.1 Å². The molecule has 0 bridgehead atoms. The van der Waals surface area contributed by atoms with Gasteiger partial charge in [-0.3, -0.25) is 0 Å². The molecular formula is C13H16FNO3. The molecule has 0 spiro atoms. The van der Waals surface area contributed by atoms with Crippen molar-refractivity contribution in [3.8, 4) is 5.75 Å². The number of fused-ring (bicyclic) bond motifs is 1. The molecule has 1 aromatic carbocycles. The number of nitrogens with one attached hydrogen (secondary N) is 1. The second-order valence-corrected chi connectivity index (χ2v) is 4.07. The van der Waals surface area contributed by atoms with Crippen LogP contribution >= 0.6 is 0 Å². The van der Waals surface area contributed by atoms with Crippen molar-refractivity contribution in [3.05, 3.63) is 29.6 Å². The second kappa shape index (κ2) is 5.71. The van der Waals surface area contributed by atoms with Crippen molar-refractivity contribution in [2.24, 2.45) is 0 Å². The van der Waals surface area contributed by atoms with Gasteiger partial charge in [-0.25, -0.2) is 9.18 Å². The summed E-state index contributed by atoms with van der Waals surface area (Å²) in [5.74, 6) is -0.165. The molecule has 0 aromatic heterocycles. The molecule has 0 radical (unpaired) electrons. The zero-order valence-corrected chi connectivity index (χ0v) is 10.2. The molecule has 0 saturated carbocycles. The maximum Gasteiger partial charge on any atom is 0.407 e. The number of carbonyl (C=O) groups is 1. The first-order chi connectivity index (χ1) is 8.72. The molecule has 0 saturated heterocycles. The van der Waals surface area contributed by atoms with E-state index in [1.807, 2.05) is 0 Å². The molecule has 4 nitrogen and oxygen atoms in total. The Morgan fingerprint density at radius 2 is 2.44 bits per heavy atom. The minimum atomic E-state index is -0.486. The quantitative estimate of drug-likeness (QED) is 0.881. The van der Waals surface area contributed by atoms with Crippen LogP contribution in [0.2, 0.25) is 0 Å². The minimum absolute atomic E-state index is 0.233. The molecule has 98 valence electrons. The van der Waals surface area contributed by atoms with Crippen LogP contribution in [0, 0.1) is 5.82 Å². The lowest BCUT2D eigenvalue weighted by Crippen LogP contribution is -2.29. The van der Waals surface area contributed by atoms with E-state index in [4.69, 9.17) is 9.47 Å². The van der Waals surface area contributed by atoms with Crippen LogP contribution in [0.5, 0.6) is 5.75 Å². The molecule has 1 N–H and O–H groups in total. The van der Waals surface area contributed by atoms with Gasteiger partial charge in [-0.1, -0.05) is 12.1 Å². The predicted molar refractivity (Wildman–Crippen MR) is 64.0 cm³/mol. The first-order valence-corrected chi connectivity index (χ1v) is 6.07. The third kappa shape index (κ3) is 2.72. The van der Waals surface area contributed by atoms with Crippen LogP contribution in [-0.4, -0.2) is 19.3 Å². The van der Waals surface area contributed by atoms with Gasteiger partial charge in [0, 0.05) is 5.56 Å². The summed E-state index contributed by atoms with van der Waals surface area (Å²) < 4.78 is 23.9. The summed E-state index contributed by atoms with van der Waals surface area (Å²) in [5, 5.41) is 2.74. The van der Waals surface area contributed by atoms with Gasteiger partial charge in [-0.15, -0.1) is 0 Å². The summed E-state index contributed by atoms with van der Waals surface area (Å²) in [6.45, 7) is 2.50. The van der Waals surface area contributed by atoms with Crippen molar-refractivity contribution < 1.29 is 18.7 Å². The van der Waals surface area contributed by atoms with Crippen LogP contribution in [0.15, 0.2) is 18.2 Å². The van der Waals surface area contributed by atoms with E-state index in [-0.39, 0.29) is 11.8 Å². The minimum Gasteiger partial charge on any atom is -0.490 e. The van der Waals surface area contributed by atoms with Crippen LogP contribution in [0.3, 0.4) is 0 Å². The van der Waals surface area contributed by atoms with Crippen molar-refractivity contribution in [1.82, 2.24) is 5.32 Å². The maximum absolute atomic E-state index is 13.6. The smallest absolute Gasteiger partial charge is 0.407 e. The molecule has 0 aliphatic carbocycles. The topological polar surface area (TPSA) is 47.6 Å². The highest BCUT2D eigenvalue weighted by molar-refractivity contribution is 5.68. The number of amides is 1. The number of rotatable bonds is 2. The Bertz CT molecular complexity index is 436. The van der Waals surface area contributed by atoms with Gasteiger partial charge in [-0.05, 0) is 25.8 Å². The average molecular weight is 253 g/mol. The fraction of sp³-hybridized carbons (Fsp3) is 0.462. The van der Waals surface area contributed by atoms with Gasteiger partial charge in [0.05, 0.1) is 19.3 Å². The van der Waals surface area contributed by atoms with E-state index in [0.717, 1.165) is 6.42 Å². The Kier molecular flexibility index (Phi) is 4.02. The molecule has 1 amide bonds. The van der Waals surface area contributed by atoms with Crippen LogP contribution in [0.1, 0.15) is 31.4 Å². The Labute approximate surface area is 105 Å². The Hall–Kier alpha value is -1.78. The van der Waals surface area contributed by atoms with E-state index in [2.05, 4.69) is 5.32 Å². The van der Waals surface area contributed by atoms with E-state index in [1.165, 1.54) is 6.07 Å². The maximum atomic E-state index is 13.6. The molecule has 1 unspecified atom stereocenters. The van der Waals surface area contributed by atoms with E-state index in [9.17, 15) is 9.18 Å². The summed E-state index contributed by atoms with van der Waals surface area (Å²) in [6.07, 6.45) is 0.972. The summed E-state index contributed by atoms with van der Waals surface area (Å²) in [7, 11) is 0. The third-order valence-electron chi connectivity index (χ3n) is 2.82.